The molecule has 0 aliphatic rings. The Bertz CT molecular complexity index is 1200. The molecule has 0 saturated carbocycles. The van der Waals surface area contributed by atoms with Crippen LogP contribution < -0.4 is 0 Å². The van der Waals surface area contributed by atoms with Crippen LogP contribution in [-0.4, -0.2) is 13.2 Å². The molecule has 0 amide bonds. The van der Waals surface area contributed by atoms with E-state index in [2.05, 4.69) is 84.6 Å². The lowest BCUT2D eigenvalue weighted by Crippen LogP contribution is -2.00. The molecule has 0 atom stereocenters. The number of nitrogens with zero attached hydrogens (tertiary/aromatic N) is 1. The molecular weight excluding hydrogens is 414 g/mol. The van der Waals surface area contributed by atoms with Crippen LogP contribution in [0, 0.1) is 13.5 Å². The second kappa shape index (κ2) is 12.0. The van der Waals surface area contributed by atoms with Crippen LogP contribution in [0.4, 0.5) is 5.69 Å². The van der Waals surface area contributed by atoms with Crippen LogP contribution in [-0.2, 0) is 17.6 Å². The summed E-state index contributed by atoms with van der Waals surface area (Å²) in [6.45, 7) is 10.8. The van der Waals surface area contributed by atoms with Crippen molar-refractivity contribution in [3.63, 3.8) is 0 Å². The van der Waals surface area contributed by atoms with Gasteiger partial charge in [0, 0.05) is 13.2 Å². The summed E-state index contributed by atoms with van der Waals surface area (Å²) < 4.78 is 5.87. The second-order valence-corrected chi connectivity index (χ2v) is 8.74. The molecule has 0 spiro atoms. The summed E-state index contributed by atoms with van der Waals surface area (Å²) in [6, 6.07) is 34.1. The minimum Gasteiger partial charge on any atom is -0.381 e. The predicted molar refractivity (Wildman–Crippen MR) is 142 cm³/mol. The van der Waals surface area contributed by atoms with E-state index in [0.717, 1.165) is 44.5 Å². The maximum absolute atomic E-state index is 7.06. The van der Waals surface area contributed by atoms with Gasteiger partial charge < -0.3 is 4.74 Å². The minimum absolute atomic E-state index is 0.677. The van der Waals surface area contributed by atoms with Gasteiger partial charge in [0.05, 0.1) is 6.57 Å². The Morgan fingerprint density at radius 3 is 1.35 bits per heavy atom. The molecule has 0 radical (unpaired) electrons. The highest BCUT2D eigenvalue weighted by Gasteiger charge is 2.01. The first-order valence-electron chi connectivity index (χ1n) is 12.0. The number of benzene rings is 4. The van der Waals surface area contributed by atoms with Gasteiger partial charge >= 0.3 is 0 Å². The normalized spacial score (nSPS) is 10.7. The average Bonchev–Trinajstić information content (AvgIpc) is 2.89. The topological polar surface area (TPSA) is 13.6 Å². The molecule has 0 heterocycles. The molecule has 2 nitrogen and oxygen atoms in total. The molecule has 4 aromatic rings. The van der Waals surface area contributed by atoms with E-state index in [4.69, 9.17) is 11.3 Å². The van der Waals surface area contributed by atoms with Gasteiger partial charge in [-0.25, -0.2) is 4.85 Å². The van der Waals surface area contributed by atoms with Crippen molar-refractivity contribution < 1.29 is 4.74 Å². The first-order chi connectivity index (χ1) is 16.7. The van der Waals surface area contributed by atoms with Crippen molar-refractivity contribution in [2.75, 3.05) is 13.2 Å². The van der Waals surface area contributed by atoms with Crippen molar-refractivity contribution in [3.05, 3.63) is 125 Å². The van der Waals surface area contributed by atoms with Gasteiger partial charge in [0.25, 0.3) is 0 Å². The van der Waals surface area contributed by atoms with Crippen molar-refractivity contribution in [1.82, 2.24) is 0 Å². The minimum atomic E-state index is 0.677. The summed E-state index contributed by atoms with van der Waals surface area (Å²) in [5, 5.41) is 0. The van der Waals surface area contributed by atoms with Gasteiger partial charge in [0.2, 0.25) is 0 Å². The van der Waals surface area contributed by atoms with E-state index in [1.54, 1.807) is 0 Å². The van der Waals surface area contributed by atoms with Crippen molar-refractivity contribution in [3.8, 4) is 22.3 Å². The lowest BCUT2D eigenvalue weighted by atomic mass is 10.0. The molecule has 2 heteroatoms. The third-order valence-corrected chi connectivity index (χ3v) is 6.13. The number of hydrogen-bond acceptors (Lipinski definition) is 1. The van der Waals surface area contributed by atoms with E-state index < -0.39 is 0 Å². The fourth-order valence-electron chi connectivity index (χ4n) is 4.06. The van der Waals surface area contributed by atoms with Crippen molar-refractivity contribution in [2.24, 2.45) is 0 Å². The van der Waals surface area contributed by atoms with Crippen LogP contribution in [0.25, 0.3) is 27.1 Å². The molecule has 4 rings (SSSR count). The standard InChI is InChI=1S/C32H31NO/c1-25-7-13-28(14-8-25)29-15-9-26(10-16-29)5-3-23-34-24-4-6-27-11-17-30(18-12-27)31-19-21-32(33-2)22-20-31/h7-22H,3-6,23-24H2,1H3. The van der Waals surface area contributed by atoms with Crippen LogP contribution >= 0.6 is 0 Å². The maximum atomic E-state index is 7.06. The molecule has 4 aromatic carbocycles. The smallest absolute Gasteiger partial charge is 0.187 e. The SMILES string of the molecule is [C-]#[N+]c1ccc(-c2ccc(CCCOCCCc3ccc(-c4ccc(C)cc4)cc3)cc2)cc1. The Hall–Kier alpha value is -3.67. The van der Waals surface area contributed by atoms with Crippen molar-refractivity contribution in [2.45, 2.75) is 32.6 Å². The number of hydrogen-bond donors (Lipinski definition) is 0. The predicted octanol–water partition coefficient (Wildman–Crippen LogP) is 8.46. The van der Waals surface area contributed by atoms with E-state index in [1.807, 2.05) is 24.3 Å². The van der Waals surface area contributed by atoms with Gasteiger partial charge in [-0.3, -0.25) is 0 Å². The average molecular weight is 446 g/mol. The Balaban J connectivity index is 1.12. The zero-order valence-corrected chi connectivity index (χ0v) is 19.8. The monoisotopic (exact) mass is 445 g/mol. The molecule has 0 saturated heterocycles. The molecule has 0 aliphatic carbocycles. The molecule has 34 heavy (non-hydrogen) atoms. The summed E-state index contributed by atoms with van der Waals surface area (Å²) in [5.41, 5.74) is 9.53. The van der Waals surface area contributed by atoms with Gasteiger partial charge in [0.15, 0.2) is 5.69 Å². The van der Waals surface area contributed by atoms with Crippen LogP contribution in [0.15, 0.2) is 97.1 Å². The van der Waals surface area contributed by atoms with E-state index in [0.29, 0.717) is 5.69 Å². The Morgan fingerprint density at radius 1 is 0.559 bits per heavy atom. The molecule has 0 N–H and O–H groups in total. The molecule has 0 aliphatic heterocycles. The Kier molecular flexibility index (Phi) is 8.27. The molecular formula is C32H31NO. The van der Waals surface area contributed by atoms with Gasteiger partial charge in [0.1, 0.15) is 0 Å². The third kappa shape index (κ3) is 6.67. The van der Waals surface area contributed by atoms with E-state index >= 15 is 0 Å². The first-order valence-corrected chi connectivity index (χ1v) is 12.0. The Morgan fingerprint density at radius 2 is 0.941 bits per heavy atom. The summed E-state index contributed by atoms with van der Waals surface area (Å²) >= 11 is 0. The fourth-order valence-corrected chi connectivity index (χ4v) is 4.06. The summed E-state index contributed by atoms with van der Waals surface area (Å²) in [7, 11) is 0. The van der Waals surface area contributed by atoms with Gasteiger partial charge in [-0.2, -0.15) is 0 Å². The van der Waals surface area contributed by atoms with E-state index in [1.165, 1.54) is 33.4 Å². The second-order valence-electron chi connectivity index (χ2n) is 8.74. The van der Waals surface area contributed by atoms with E-state index in [-0.39, 0.29) is 0 Å². The number of ether oxygens (including phenoxy) is 1. The van der Waals surface area contributed by atoms with Crippen molar-refractivity contribution >= 4 is 5.69 Å². The van der Waals surface area contributed by atoms with Crippen LogP contribution in [0.3, 0.4) is 0 Å². The van der Waals surface area contributed by atoms with Crippen molar-refractivity contribution in [1.29, 1.82) is 0 Å². The largest absolute Gasteiger partial charge is 0.381 e. The van der Waals surface area contributed by atoms with E-state index in [9.17, 15) is 0 Å². The fraction of sp³-hybridized carbons (Fsp3) is 0.219. The van der Waals surface area contributed by atoms with Crippen LogP contribution in [0.1, 0.15) is 29.5 Å². The lowest BCUT2D eigenvalue weighted by molar-refractivity contribution is 0.130. The highest BCUT2D eigenvalue weighted by Crippen LogP contribution is 2.23. The van der Waals surface area contributed by atoms with Crippen LogP contribution in [0.2, 0.25) is 0 Å². The summed E-state index contributed by atoms with van der Waals surface area (Å²) in [5.74, 6) is 0. The zero-order chi connectivity index (χ0) is 23.6. The van der Waals surface area contributed by atoms with Gasteiger partial charge in [-0.1, -0.05) is 103 Å². The quantitative estimate of drug-likeness (QED) is 0.176. The summed E-state index contributed by atoms with van der Waals surface area (Å²) in [4.78, 5) is 3.45. The van der Waals surface area contributed by atoms with Gasteiger partial charge in [-0.15, -0.1) is 0 Å². The molecule has 0 bridgehead atoms. The maximum Gasteiger partial charge on any atom is 0.187 e. The zero-order valence-electron chi connectivity index (χ0n) is 19.8. The highest BCUT2D eigenvalue weighted by atomic mass is 16.5. The lowest BCUT2D eigenvalue weighted by Gasteiger charge is -2.07. The summed E-state index contributed by atoms with van der Waals surface area (Å²) in [6.07, 6.45) is 4.15. The Labute approximate surface area is 203 Å². The molecule has 0 unspecified atom stereocenters. The molecule has 0 fully saturated rings. The third-order valence-electron chi connectivity index (χ3n) is 6.13. The number of rotatable bonds is 10. The number of aryl methyl sites for hydroxylation is 3. The molecule has 0 aromatic heterocycles. The first kappa shape index (κ1) is 23.5. The van der Waals surface area contributed by atoms with Crippen LogP contribution in [0.5, 0.6) is 0 Å². The molecule has 170 valence electrons. The highest BCUT2D eigenvalue weighted by molar-refractivity contribution is 5.66. The van der Waals surface area contributed by atoms with Gasteiger partial charge in [-0.05, 0) is 66.0 Å².